The van der Waals surface area contributed by atoms with Gasteiger partial charge in [0.05, 0.1) is 5.69 Å². The van der Waals surface area contributed by atoms with Gasteiger partial charge >= 0.3 is 0 Å². The third-order valence-corrected chi connectivity index (χ3v) is 5.46. The van der Waals surface area contributed by atoms with E-state index in [1.807, 2.05) is 45.9 Å². The number of anilines is 1. The van der Waals surface area contributed by atoms with Gasteiger partial charge in [-0.05, 0) is 29.4 Å². The largest absolute Gasteiger partial charge is 0.355 e. The van der Waals surface area contributed by atoms with Crippen LogP contribution in [0.2, 0.25) is 0 Å². The molecule has 0 aliphatic carbocycles. The Morgan fingerprint density at radius 3 is 2.08 bits per heavy atom. The summed E-state index contributed by atoms with van der Waals surface area (Å²) in [6.07, 6.45) is 4.17. The summed E-state index contributed by atoms with van der Waals surface area (Å²) in [7, 11) is -3.76. The van der Waals surface area contributed by atoms with Crippen molar-refractivity contribution in [2.24, 2.45) is 0 Å². The van der Waals surface area contributed by atoms with Crippen LogP contribution in [0.25, 0.3) is 0 Å². The number of hydrogen-bond acceptors (Lipinski definition) is 3. The molecular weight excluding hydrogens is 348 g/mol. The predicted octanol–water partition coefficient (Wildman–Crippen LogP) is 4.37. The van der Waals surface area contributed by atoms with Crippen molar-refractivity contribution in [3.63, 3.8) is 0 Å². The normalized spacial score (nSPS) is 11.8. The van der Waals surface area contributed by atoms with E-state index in [9.17, 15) is 13.2 Å². The Balaban J connectivity index is 2.82. The number of para-hydroxylation sites is 1. The van der Waals surface area contributed by atoms with Crippen LogP contribution in [0.3, 0.4) is 0 Å². The fourth-order valence-corrected chi connectivity index (χ4v) is 3.93. The molecule has 1 rings (SSSR count). The van der Waals surface area contributed by atoms with Gasteiger partial charge in [-0.3, -0.25) is 9.52 Å². The van der Waals surface area contributed by atoms with Crippen molar-refractivity contribution >= 4 is 21.6 Å². The predicted molar refractivity (Wildman–Crippen MR) is 109 cm³/mol. The van der Waals surface area contributed by atoms with Crippen molar-refractivity contribution in [2.45, 2.75) is 72.1 Å². The maximum Gasteiger partial charge on any atom is 0.241 e. The number of sulfonamides is 1. The highest BCUT2D eigenvalue weighted by Gasteiger charge is 2.21. The van der Waals surface area contributed by atoms with Crippen LogP contribution in [-0.2, 0) is 14.8 Å². The third-order valence-electron chi connectivity index (χ3n) is 4.30. The summed E-state index contributed by atoms with van der Waals surface area (Å²) in [5, 5.41) is 2.70. The molecule has 0 fully saturated rings. The molecule has 1 aromatic rings. The molecule has 0 radical (unpaired) electrons. The number of carbonyl (C=O) groups excluding carboxylic acids is 1. The average molecular weight is 383 g/mol. The lowest BCUT2D eigenvalue weighted by Crippen LogP contribution is -2.33. The van der Waals surface area contributed by atoms with E-state index in [0.717, 1.165) is 36.8 Å². The van der Waals surface area contributed by atoms with E-state index in [1.54, 1.807) is 0 Å². The van der Waals surface area contributed by atoms with E-state index in [0.29, 0.717) is 12.2 Å². The van der Waals surface area contributed by atoms with Crippen LogP contribution in [0, 0.1) is 0 Å². The smallest absolute Gasteiger partial charge is 0.241 e. The zero-order valence-corrected chi connectivity index (χ0v) is 17.6. The van der Waals surface area contributed by atoms with Gasteiger partial charge in [0.15, 0.2) is 0 Å². The van der Waals surface area contributed by atoms with Crippen LogP contribution in [0.5, 0.6) is 0 Å². The second-order valence-electron chi connectivity index (χ2n) is 7.39. The molecule has 1 aromatic carbocycles. The number of benzene rings is 1. The molecule has 0 atom stereocenters. The Labute approximate surface area is 159 Å². The van der Waals surface area contributed by atoms with E-state index < -0.39 is 21.7 Å². The van der Waals surface area contributed by atoms with Gasteiger partial charge in [0.1, 0.15) is 5.75 Å². The van der Waals surface area contributed by atoms with Gasteiger partial charge < -0.3 is 5.32 Å². The Hall–Kier alpha value is -1.56. The maximum atomic E-state index is 12.5. The summed E-state index contributed by atoms with van der Waals surface area (Å²) < 4.78 is 27.7. The van der Waals surface area contributed by atoms with Crippen molar-refractivity contribution in [1.29, 1.82) is 0 Å². The molecule has 0 bridgehead atoms. The topological polar surface area (TPSA) is 75.3 Å². The monoisotopic (exact) mass is 382 g/mol. The first-order valence-corrected chi connectivity index (χ1v) is 11.2. The lowest BCUT2D eigenvalue weighted by atomic mass is 9.93. The van der Waals surface area contributed by atoms with Crippen LogP contribution in [0.1, 0.15) is 83.3 Å². The van der Waals surface area contributed by atoms with E-state index in [2.05, 4.69) is 17.0 Å². The second-order valence-corrected chi connectivity index (χ2v) is 9.11. The molecule has 2 N–H and O–H groups in total. The fourth-order valence-electron chi connectivity index (χ4n) is 2.86. The van der Waals surface area contributed by atoms with Gasteiger partial charge in [-0.15, -0.1) is 0 Å². The van der Waals surface area contributed by atoms with Gasteiger partial charge in [0.2, 0.25) is 15.9 Å². The SMILES string of the molecule is CCCCCCNC(=O)CS(=O)(=O)Nc1c(C(C)C)cccc1C(C)C. The summed E-state index contributed by atoms with van der Waals surface area (Å²) in [5.41, 5.74) is 2.51. The molecule has 26 heavy (non-hydrogen) atoms. The van der Waals surface area contributed by atoms with Crippen molar-refractivity contribution < 1.29 is 13.2 Å². The molecule has 0 aromatic heterocycles. The molecule has 0 aliphatic heterocycles. The molecule has 5 nitrogen and oxygen atoms in total. The summed E-state index contributed by atoms with van der Waals surface area (Å²) in [6.45, 7) is 10.8. The highest BCUT2D eigenvalue weighted by molar-refractivity contribution is 7.93. The molecule has 0 aliphatic rings. The Morgan fingerprint density at radius 2 is 1.58 bits per heavy atom. The molecule has 0 unspecified atom stereocenters. The standard InChI is InChI=1S/C20H34N2O3S/c1-6-7-8-9-13-21-19(23)14-26(24,25)22-20-17(15(2)3)11-10-12-18(20)16(4)5/h10-12,15-16,22H,6-9,13-14H2,1-5H3,(H,21,23). The number of carbonyl (C=O) groups is 1. The van der Waals surface area contributed by atoms with E-state index in [-0.39, 0.29) is 11.8 Å². The zero-order chi connectivity index (χ0) is 19.7. The molecule has 0 spiro atoms. The first-order chi connectivity index (χ1) is 12.2. The summed E-state index contributed by atoms with van der Waals surface area (Å²) in [4.78, 5) is 12.0. The number of nitrogens with one attached hydrogen (secondary N) is 2. The minimum absolute atomic E-state index is 0.179. The quantitative estimate of drug-likeness (QED) is 0.558. The Morgan fingerprint density at radius 1 is 1.00 bits per heavy atom. The van der Waals surface area contributed by atoms with Crippen LogP contribution >= 0.6 is 0 Å². The van der Waals surface area contributed by atoms with Gasteiger partial charge in [-0.25, -0.2) is 8.42 Å². The molecular formula is C20H34N2O3S. The maximum absolute atomic E-state index is 12.5. The van der Waals surface area contributed by atoms with Crippen molar-refractivity contribution in [3.8, 4) is 0 Å². The van der Waals surface area contributed by atoms with Gasteiger partial charge in [-0.1, -0.05) is 72.1 Å². The second kappa shape index (κ2) is 10.6. The molecule has 1 amide bonds. The van der Waals surface area contributed by atoms with E-state index in [1.165, 1.54) is 0 Å². The molecule has 0 saturated carbocycles. The van der Waals surface area contributed by atoms with Crippen molar-refractivity contribution in [2.75, 3.05) is 17.0 Å². The Kier molecular flexibility index (Phi) is 9.13. The van der Waals surface area contributed by atoms with Crippen LogP contribution in [-0.4, -0.2) is 26.6 Å². The first-order valence-electron chi connectivity index (χ1n) is 9.58. The number of hydrogen-bond donors (Lipinski definition) is 2. The zero-order valence-electron chi connectivity index (χ0n) is 16.8. The fraction of sp³-hybridized carbons (Fsp3) is 0.650. The third kappa shape index (κ3) is 7.36. The highest BCUT2D eigenvalue weighted by atomic mass is 32.2. The number of amides is 1. The molecule has 0 heterocycles. The van der Waals surface area contributed by atoms with Crippen molar-refractivity contribution in [1.82, 2.24) is 5.32 Å². The minimum Gasteiger partial charge on any atom is -0.355 e. The Bertz CT molecular complexity index is 656. The summed E-state index contributed by atoms with van der Waals surface area (Å²) in [6, 6.07) is 5.82. The summed E-state index contributed by atoms with van der Waals surface area (Å²) in [5.74, 6) is -0.648. The highest BCUT2D eigenvalue weighted by Crippen LogP contribution is 2.33. The van der Waals surface area contributed by atoms with Gasteiger partial charge in [0, 0.05) is 6.54 Å². The molecule has 6 heteroatoms. The van der Waals surface area contributed by atoms with Crippen LogP contribution in [0.15, 0.2) is 18.2 Å². The van der Waals surface area contributed by atoms with Crippen LogP contribution in [0.4, 0.5) is 5.69 Å². The number of unbranched alkanes of at least 4 members (excludes halogenated alkanes) is 3. The minimum atomic E-state index is -3.76. The van der Waals surface area contributed by atoms with Gasteiger partial charge in [0.25, 0.3) is 0 Å². The lowest BCUT2D eigenvalue weighted by molar-refractivity contribution is -0.118. The van der Waals surface area contributed by atoms with Gasteiger partial charge in [-0.2, -0.15) is 0 Å². The average Bonchev–Trinajstić information content (AvgIpc) is 2.53. The lowest BCUT2D eigenvalue weighted by Gasteiger charge is -2.20. The number of rotatable bonds is 11. The van der Waals surface area contributed by atoms with E-state index in [4.69, 9.17) is 0 Å². The first kappa shape index (κ1) is 22.5. The molecule has 0 saturated heterocycles. The van der Waals surface area contributed by atoms with E-state index >= 15 is 0 Å². The molecule has 148 valence electrons. The van der Waals surface area contributed by atoms with Crippen molar-refractivity contribution in [3.05, 3.63) is 29.3 Å². The van der Waals surface area contributed by atoms with Crippen LogP contribution < -0.4 is 10.0 Å². The summed E-state index contributed by atoms with van der Waals surface area (Å²) >= 11 is 0.